The molecule has 2 bridgehead atoms. The van der Waals surface area contributed by atoms with E-state index >= 15 is 0 Å². The van der Waals surface area contributed by atoms with Crippen LogP contribution >= 0.6 is 0 Å². The van der Waals surface area contributed by atoms with Gasteiger partial charge in [-0.1, -0.05) is 0 Å². The molecule has 2 fully saturated rings. The first-order valence-corrected chi connectivity index (χ1v) is 4.63. The van der Waals surface area contributed by atoms with Crippen LogP contribution in [0.5, 0.6) is 0 Å². The van der Waals surface area contributed by atoms with Crippen LogP contribution in [0.15, 0.2) is 0 Å². The summed E-state index contributed by atoms with van der Waals surface area (Å²) in [5, 5.41) is 8.90. The van der Waals surface area contributed by atoms with Gasteiger partial charge in [0.25, 0.3) is 0 Å². The van der Waals surface area contributed by atoms with E-state index in [1.54, 1.807) is 4.90 Å². The van der Waals surface area contributed by atoms with Gasteiger partial charge in [-0.2, -0.15) is 0 Å². The van der Waals surface area contributed by atoms with Gasteiger partial charge >= 0.3 is 5.97 Å². The molecule has 0 radical (unpaired) electrons. The maximum atomic E-state index is 11.2. The second kappa shape index (κ2) is 2.72. The predicted molar refractivity (Wildman–Crippen MR) is 45.1 cm³/mol. The Morgan fingerprint density at radius 2 is 2.08 bits per heavy atom. The molecule has 1 N–H and O–H groups in total. The van der Waals surface area contributed by atoms with E-state index in [9.17, 15) is 9.59 Å². The van der Waals surface area contributed by atoms with Crippen LogP contribution < -0.4 is 0 Å². The molecular weight excluding hydrogens is 170 g/mol. The Bertz CT molecular complexity index is 264. The molecule has 0 spiro atoms. The van der Waals surface area contributed by atoms with Crippen LogP contribution in [-0.2, 0) is 9.59 Å². The van der Waals surface area contributed by atoms with E-state index in [4.69, 9.17) is 5.11 Å². The average molecular weight is 183 g/mol. The molecule has 3 atom stereocenters. The number of carboxylic acids is 1. The van der Waals surface area contributed by atoms with Crippen molar-refractivity contribution in [2.24, 2.45) is 5.92 Å². The number of carbonyl (C=O) groups is 2. The Labute approximate surface area is 76.5 Å². The standard InChI is InChI=1S/C9H13NO3/c1-5(11)10-6-2-3-8(10)7(4-6)9(12)13/h6-8H,2-4H2,1H3,(H,12,13)/t6-,7-,8+/m1/s1. The van der Waals surface area contributed by atoms with Crippen LogP contribution in [0.2, 0.25) is 0 Å². The first-order chi connectivity index (χ1) is 6.11. The van der Waals surface area contributed by atoms with Gasteiger partial charge in [0.2, 0.25) is 5.91 Å². The largest absolute Gasteiger partial charge is 0.481 e. The van der Waals surface area contributed by atoms with Gasteiger partial charge < -0.3 is 10.0 Å². The van der Waals surface area contributed by atoms with Crippen LogP contribution in [0.3, 0.4) is 0 Å². The van der Waals surface area contributed by atoms with Gasteiger partial charge in [-0.25, -0.2) is 0 Å². The van der Waals surface area contributed by atoms with Crippen LogP contribution in [0, 0.1) is 5.92 Å². The number of fused-ring (bicyclic) bond motifs is 2. The third-order valence-corrected chi connectivity index (χ3v) is 3.22. The zero-order valence-electron chi connectivity index (χ0n) is 7.56. The molecular formula is C9H13NO3. The molecule has 2 rings (SSSR count). The van der Waals surface area contributed by atoms with Crippen LogP contribution in [0.25, 0.3) is 0 Å². The minimum atomic E-state index is -0.751. The van der Waals surface area contributed by atoms with Gasteiger partial charge in [0.15, 0.2) is 0 Å². The first kappa shape index (κ1) is 8.53. The quantitative estimate of drug-likeness (QED) is 0.643. The van der Waals surface area contributed by atoms with Gasteiger partial charge in [0, 0.05) is 19.0 Å². The molecule has 0 aliphatic carbocycles. The van der Waals surface area contributed by atoms with E-state index in [1.165, 1.54) is 6.92 Å². The molecule has 4 nitrogen and oxygen atoms in total. The van der Waals surface area contributed by atoms with E-state index in [-0.39, 0.29) is 23.9 Å². The molecule has 13 heavy (non-hydrogen) atoms. The number of nitrogens with zero attached hydrogens (tertiary/aromatic N) is 1. The molecule has 0 aromatic heterocycles. The maximum absolute atomic E-state index is 11.2. The molecule has 0 unspecified atom stereocenters. The molecule has 2 aliphatic rings. The summed E-state index contributed by atoms with van der Waals surface area (Å²) < 4.78 is 0. The number of rotatable bonds is 1. The topological polar surface area (TPSA) is 57.6 Å². The lowest BCUT2D eigenvalue weighted by Gasteiger charge is -2.20. The molecule has 1 amide bonds. The Balaban J connectivity index is 2.19. The summed E-state index contributed by atoms with van der Waals surface area (Å²) in [5.41, 5.74) is 0. The van der Waals surface area contributed by atoms with Gasteiger partial charge in [0.1, 0.15) is 0 Å². The fourth-order valence-corrected chi connectivity index (χ4v) is 2.74. The SMILES string of the molecule is CC(=O)N1[C@@H]2CC[C@H]1[C@H](C(=O)O)C2. The van der Waals surface area contributed by atoms with Crippen LogP contribution in [0.1, 0.15) is 26.2 Å². The molecule has 72 valence electrons. The summed E-state index contributed by atoms with van der Waals surface area (Å²) in [7, 11) is 0. The molecule has 0 saturated carbocycles. The van der Waals surface area contributed by atoms with E-state index in [1.807, 2.05) is 0 Å². The maximum Gasteiger partial charge on any atom is 0.308 e. The van der Waals surface area contributed by atoms with Crippen LogP contribution in [-0.4, -0.2) is 34.0 Å². The van der Waals surface area contributed by atoms with E-state index in [2.05, 4.69) is 0 Å². The summed E-state index contributed by atoms with van der Waals surface area (Å²) in [4.78, 5) is 23.8. The minimum Gasteiger partial charge on any atom is -0.481 e. The Morgan fingerprint density at radius 1 is 1.38 bits per heavy atom. The highest BCUT2D eigenvalue weighted by atomic mass is 16.4. The third-order valence-electron chi connectivity index (χ3n) is 3.22. The van der Waals surface area contributed by atoms with Crippen molar-refractivity contribution in [2.45, 2.75) is 38.3 Å². The Kier molecular flexibility index (Phi) is 1.78. The monoisotopic (exact) mass is 183 g/mol. The van der Waals surface area contributed by atoms with Gasteiger partial charge in [-0.3, -0.25) is 9.59 Å². The fraction of sp³-hybridized carbons (Fsp3) is 0.778. The zero-order chi connectivity index (χ0) is 9.59. The number of hydrogen-bond acceptors (Lipinski definition) is 2. The zero-order valence-corrected chi connectivity index (χ0v) is 7.56. The molecule has 2 aliphatic heterocycles. The van der Waals surface area contributed by atoms with Gasteiger partial charge in [-0.15, -0.1) is 0 Å². The summed E-state index contributed by atoms with van der Waals surface area (Å²) in [5.74, 6) is -1.04. The lowest BCUT2D eigenvalue weighted by Crippen LogP contribution is -2.36. The second-order valence-corrected chi connectivity index (χ2v) is 3.91. The highest BCUT2D eigenvalue weighted by Gasteiger charge is 2.50. The lowest BCUT2D eigenvalue weighted by molar-refractivity contribution is -0.143. The normalized spacial score (nSPS) is 36.7. The predicted octanol–water partition coefficient (Wildman–Crippen LogP) is 0.470. The number of carboxylic acid groups (broad SMARTS) is 1. The van der Waals surface area contributed by atoms with Gasteiger partial charge in [-0.05, 0) is 19.3 Å². The van der Waals surface area contributed by atoms with Crippen molar-refractivity contribution in [1.82, 2.24) is 4.90 Å². The fourth-order valence-electron chi connectivity index (χ4n) is 2.74. The highest BCUT2D eigenvalue weighted by Crippen LogP contribution is 2.41. The van der Waals surface area contributed by atoms with Crippen molar-refractivity contribution < 1.29 is 14.7 Å². The number of aliphatic carboxylic acids is 1. The molecule has 2 heterocycles. The van der Waals surface area contributed by atoms with Crippen LogP contribution in [0.4, 0.5) is 0 Å². The van der Waals surface area contributed by atoms with Crippen molar-refractivity contribution in [3.8, 4) is 0 Å². The van der Waals surface area contributed by atoms with Crippen molar-refractivity contribution in [3.63, 3.8) is 0 Å². The number of carbonyl (C=O) groups excluding carboxylic acids is 1. The third kappa shape index (κ3) is 1.12. The Hall–Kier alpha value is -1.06. The first-order valence-electron chi connectivity index (χ1n) is 4.63. The second-order valence-electron chi connectivity index (χ2n) is 3.91. The summed E-state index contributed by atoms with van der Waals surface area (Å²) in [6, 6.07) is 0.170. The van der Waals surface area contributed by atoms with E-state index < -0.39 is 5.97 Å². The highest BCUT2D eigenvalue weighted by molar-refractivity contribution is 5.78. The van der Waals surface area contributed by atoms with Crippen molar-refractivity contribution in [1.29, 1.82) is 0 Å². The minimum absolute atomic E-state index is 0.0243. The van der Waals surface area contributed by atoms with Gasteiger partial charge in [0.05, 0.1) is 5.92 Å². The Morgan fingerprint density at radius 3 is 2.46 bits per heavy atom. The van der Waals surface area contributed by atoms with E-state index in [0.29, 0.717) is 6.42 Å². The summed E-state index contributed by atoms with van der Waals surface area (Å²) in [6.07, 6.45) is 2.49. The number of hydrogen-bond donors (Lipinski definition) is 1. The van der Waals surface area contributed by atoms with Crippen molar-refractivity contribution in [3.05, 3.63) is 0 Å². The smallest absolute Gasteiger partial charge is 0.308 e. The number of amides is 1. The summed E-state index contributed by atoms with van der Waals surface area (Å²) in [6.45, 7) is 1.52. The van der Waals surface area contributed by atoms with Crippen molar-refractivity contribution in [2.75, 3.05) is 0 Å². The average Bonchev–Trinajstić information content (AvgIpc) is 2.58. The lowest BCUT2D eigenvalue weighted by atomic mass is 9.89. The van der Waals surface area contributed by atoms with Crippen molar-refractivity contribution >= 4 is 11.9 Å². The molecule has 0 aromatic rings. The molecule has 2 saturated heterocycles. The summed E-state index contributed by atoms with van der Waals surface area (Å²) >= 11 is 0. The molecule has 0 aromatic carbocycles. The van der Waals surface area contributed by atoms with E-state index in [0.717, 1.165) is 12.8 Å². The molecule has 4 heteroatoms.